The van der Waals surface area contributed by atoms with Gasteiger partial charge in [-0.2, -0.15) is 0 Å². The van der Waals surface area contributed by atoms with Gasteiger partial charge in [0.15, 0.2) is 5.65 Å². The molecular weight excluding hydrogens is 348 g/mol. The number of hydrogen-bond donors (Lipinski definition) is 1. The van der Waals surface area contributed by atoms with Gasteiger partial charge in [-0.05, 0) is 37.5 Å². The molecule has 0 aliphatic heterocycles. The maximum atomic E-state index is 13.4. The predicted molar refractivity (Wildman–Crippen MR) is 101 cm³/mol. The average Bonchev–Trinajstić information content (AvgIpc) is 2.95. The van der Waals surface area contributed by atoms with Crippen molar-refractivity contribution in [1.82, 2.24) is 14.5 Å². The van der Waals surface area contributed by atoms with E-state index in [4.69, 9.17) is 5.73 Å². The number of benzene rings is 1. The van der Waals surface area contributed by atoms with Gasteiger partial charge in [0.05, 0.1) is 4.90 Å². The average molecular weight is 370 g/mol. The normalized spacial score (nSPS) is 16.2. The summed E-state index contributed by atoms with van der Waals surface area (Å²) in [5, 5.41) is 0. The number of hydrogen-bond acceptors (Lipinski definition) is 5. The molecule has 0 amide bonds. The van der Waals surface area contributed by atoms with Gasteiger partial charge in [0, 0.05) is 18.4 Å². The van der Waals surface area contributed by atoms with Gasteiger partial charge in [-0.15, -0.1) is 0 Å². The van der Waals surface area contributed by atoms with Gasteiger partial charge >= 0.3 is 0 Å². The highest BCUT2D eigenvalue weighted by atomic mass is 32.2. The van der Waals surface area contributed by atoms with E-state index in [9.17, 15) is 8.42 Å². The maximum Gasteiger partial charge on any atom is 0.212 e. The molecule has 2 N–H and O–H groups in total. The highest BCUT2D eigenvalue weighted by Crippen LogP contribution is 2.39. The van der Waals surface area contributed by atoms with Crippen molar-refractivity contribution < 1.29 is 8.42 Å². The number of fused-ring (bicyclic) bond motifs is 1. The number of aryl methyl sites for hydroxylation is 1. The van der Waals surface area contributed by atoms with Gasteiger partial charge in [-0.3, -0.25) is 0 Å². The first-order chi connectivity index (χ1) is 12.5. The van der Waals surface area contributed by atoms with Crippen LogP contribution < -0.4 is 5.73 Å². The number of nitrogens with zero attached hydrogens (tertiary/aromatic N) is 3. The molecule has 2 heterocycles. The molecular formula is C19H22N4O2S. The van der Waals surface area contributed by atoms with Crippen LogP contribution in [0.5, 0.6) is 0 Å². The summed E-state index contributed by atoms with van der Waals surface area (Å²) in [4.78, 5) is 9.06. The standard InChI is InChI=1S/C19H22N4O2S/c1-13-6-5-9-15(12-13)26(24,25)17-16-19(22-11-10-21-16)23(18(17)20)14-7-3-2-4-8-14/h5-6,9-12,14H,2-4,7-8,20H2,1H3. The van der Waals surface area contributed by atoms with E-state index in [1.165, 1.54) is 12.6 Å². The molecule has 26 heavy (non-hydrogen) atoms. The fourth-order valence-electron chi connectivity index (χ4n) is 3.89. The lowest BCUT2D eigenvalue weighted by Gasteiger charge is -2.24. The molecule has 2 aromatic heterocycles. The third-order valence-electron chi connectivity index (χ3n) is 5.12. The van der Waals surface area contributed by atoms with Crippen LogP contribution >= 0.6 is 0 Å². The van der Waals surface area contributed by atoms with Crippen LogP contribution in [0.15, 0.2) is 46.5 Å². The van der Waals surface area contributed by atoms with Crippen molar-refractivity contribution in [3.8, 4) is 0 Å². The zero-order chi connectivity index (χ0) is 18.3. The summed E-state index contributed by atoms with van der Waals surface area (Å²) in [5.41, 5.74) is 8.21. The second-order valence-corrected chi connectivity index (χ2v) is 8.81. The minimum absolute atomic E-state index is 0.0803. The van der Waals surface area contributed by atoms with Crippen LogP contribution in [-0.4, -0.2) is 23.0 Å². The summed E-state index contributed by atoms with van der Waals surface area (Å²) in [5.74, 6) is 0.250. The smallest absolute Gasteiger partial charge is 0.212 e. The SMILES string of the molecule is Cc1cccc(S(=O)(=O)c2c(N)n(C3CCCCC3)c3nccnc23)c1. The van der Waals surface area contributed by atoms with Crippen LogP contribution in [0.2, 0.25) is 0 Å². The summed E-state index contributed by atoms with van der Waals surface area (Å²) in [6, 6.07) is 7.04. The van der Waals surface area contributed by atoms with Crippen LogP contribution in [0.3, 0.4) is 0 Å². The van der Waals surface area contributed by atoms with Gasteiger partial charge in [-0.25, -0.2) is 18.4 Å². The van der Waals surface area contributed by atoms with Crippen molar-refractivity contribution in [3.63, 3.8) is 0 Å². The van der Waals surface area contributed by atoms with E-state index in [2.05, 4.69) is 9.97 Å². The molecule has 1 aromatic carbocycles. The molecule has 0 spiro atoms. The minimum atomic E-state index is -3.78. The first kappa shape index (κ1) is 17.0. The molecule has 1 saturated carbocycles. The Hall–Kier alpha value is -2.41. The van der Waals surface area contributed by atoms with Gasteiger partial charge in [0.2, 0.25) is 9.84 Å². The summed E-state index contributed by atoms with van der Waals surface area (Å²) in [6.07, 6.45) is 8.50. The molecule has 3 aromatic rings. The second kappa shape index (κ2) is 6.39. The highest BCUT2D eigenvalue weighted by molar-refractivity contribution is 7.92. The zero-order valence-corrected chi connectivity index (χ0v) is 15.5. The Balaban J connectivity index is 1.97. The quantitative estimate of drug-likeness (QED) is 0.760. The molecule has 1 aliphatic carbocycles. The number of sulfone groups is 1. The largest absolute Gasteiger partial charge is 0.384 e. The molecule has 1 fully saturated rings. The lowest BCUT2D eigenvalue weighted by Crippen LogP contribution is -2.16. The van der Waals surface area contributed by atoms with Crippen LogP contribution in [0.25, 0.3) is 11.2 Å². The number of nitrogens with two attached hydrogens (primary N) is 1. The lowest BCUT2D eigenvalue weighted by molar-refractivity contribution is 0.362. The highest BCUT2D eigenvalue weighted by Gasteiger charge is 2.32. The molecule has 6 nitrogen and oxygen atoms in total. The fourth-order valence-corrected chi connectivity index (χ4v) is 5.49. The van der Waals surface area contributed by atoms with Gasteiger partial charge < -0.3 is 10.3 Å². The van der Waals surface area contributed by atoms with Crippen molar-refractivity contribution in [2.75, 3.05) is 5.73 Å². The first-order valence-electron chi connectivity index (χ1n) is 8.92. The number of rotatable bonds is 3. The van der Waals surface area contributed by atoms with Crippen LogP contribution in [0.4, 0.5) is 5.82 Å². The van der Waals surface area contributed by atoms with E-state index in [1.54, 1.807) is 24.4 Å². The third kappa shape index (κ3) is 2.67. The van der Waals surface area contributed by atoms with E-state index in [1.807, 2.05) is 17.6 Å². The van der Waals surface area contributed by atoms with Crippen LogP contribution in [-0.2, 0) is 9.84 Å². The first-order valence-corrected chi connectivity index (χ1v) is 10.4. The number of nitrogen functional groups attached to an aromatic ring is 1. The van der Waals surface area contributed by atoms with Crippen molar-refractivity contribution in [2.45, 2.75) is 54.9 Å². The van der Waals surface area contributed by atoms with Crippen molar-refractivity contribution in [2.24, 2.45) is 0 Å². The van der Waals surface area contributed by atoms with E-state index in [0.717, 1.165) is 31.2 Å². The third-order valence-corrected chi connectivity index (χ3v) is 6.94. The summed E-state index contributed by atoms with van der Waals surface area (Å²) < 4.78 is 28.6. The lowest BCUT2D eigenvalue weighted by atomic mass is 9.95. The fraction of sp³-hybridized carbons (Fsp3) is 0.368. The summed E-state index contributed by atoms with van der Waals surface area (Å²) >= 11 is 0. The Bertz CT molecular complexity index is 1070. The maximum absolute atomic E-state index is 13.4. The summed E-state index contributed by atoms with van der Waals surface area (Å²) in [6.45, 7) is 1.87. The molecule has 4 rings (SSSR count). The Kier molecular flexibility index (Phi) is 4.19. The van der Waals surface area contributed by atoms with E-state index >= 15 is 0 Å². The monoisotopic (exact) mass is 370 g/mol. The Morgan fingerprint density at radius 1 is 1.12 bits per heavy atom. The van der Waals surface area contributed by atoms with Crippen molar-refractivity contribution >= 4 is 26.8 Å². The molecule has 0 saturated heterocycles. The molecule has 136 valence electrons. The van der Waals surface area contributed by atoms with Crippen molar-refractivity contribution in [3.05, 3.63) is 42.2 Å². The second-order valence-electron chi connectivity index (χ2n) is 6.92. The van der Waals surface area contributed by atoms with E-state index in [-0.39, 0.29) is 21.7 Å². The molecule has 0 bridgehead atoms. The topological polar surface area (TPSA) is 90.9 Å². The zero-order valence-electron chi connectivity index (χ0n) is 14.7. The molecule has 1 aliphatic rings. The van der Waals surface area contributed by atoms with Gasteiger partial charge in [0.25, 0.3) is 0 Å². The van der Waals surface area contributed by atoms with E-state index in [0.29, 0.717) is 11.2 Å². The van der Waals surface area contributed by atoms with Crippen molar-refractivity contribution in [1.29, 1.82) is 0 Å². The van der Waals surface area contributed by atoms with Gasteiger partial charge in [-0.1, -0.05) is 31.4 Å². The summed E-state index contributed by atoms with van der Waals surface area (Å²) in [7, 11) is -3.78. The van der Waals surface area contributed by atoms with E-state index < -0.39 is 9.84 Å². The molecule has 0 radical (unpaired) electrons. The van der Waals surface area contributed by atoms with Gasteiger partial charge in [0.1, 0.15) is 16.2 Å². The van der Waals surface area contributed by atoms with Crippen LogP contribution in [0, 0.1) is 6.92 Å². The minimum Gasteiger partial charge on any atom is -0.384 e. The molecule has 7 heteroatoms. The molecule has 0 unspecified atom stereocenters. The Morgan fingerprint density at radius 2 is 1.85 bits per heavy atom. The van der Waals surface area contributed by atoms with Crippen LogP contribution in [0.1, 0.15) is 43.7 Å². The molecule has 0 atom stereocenters. The Labute approximate surface area is 153 Å². The Morgan fingerprint density at radius 3 is 2.58 bits per heavy atom. The predicted octanol–water partition coefficient (Wildman–Crippen LogP) is 3.66. The number of anilines is 1. The number of aromatic nitrogens is 3.